The van der Waals surface area contributed by atoms with Gasteiger partial charge in [-0.15, -0.1) is 0 Å². The van der Waals surface area contributed by atoms with E-state index in [1.807, 2.05) is 42.5 Å². The predicted octanol–water partition coefficient (Wildman–Crippen LogP) is 6.60. The largest absolute Gasteiger partial charge is 0.339 e. The summed E-state index contributed by atoms with van der Waals surface area (Å²) in [6, 6.07) is 20.4. The average molecular weight is 475 g/mol. The lowest BCUT2D eigenvalue weighted by Gasteiger charge is -2.29. The molecule has 3 aromatic carbocycles. The monoisotopic (exact) mass is 474 g/mol. The van der Waals surface area contributed by atoms with Gasteiger partial charge in [-0.05, 0) is 48.4 Å². The molecule has 7 heteroatoms. The molecule has 0 fully saturated rings. The number of hydrogen-bond donors (Lipinski definition) is 0. The van der Waals surface area contributed by atoms with Crippen molar-refractivity contribution in [2.75, 3.05) is 18.5 Å². The lowest BCUT2D eigenvalue weighted by molar-refractivity contribution is 0.356. The number of rotatable bonds is 4. The third-order valence-corrected chi connectivity index (χ3v) is 8.25. The van der Waals surface area contributed by atoms with E-state index in [1.165, 1.54) is 4.31 Å². The zero-order chi connectivity index (χ0) is 22.2. The number of nitrogens with zero attached hydrogens (tertiary/aromatic N) is 2. The van der Waals surface area contributed by atoms with Crippen molar-refractivity contribution in [3.63, 3.8) is 0 Å². The second kappa shape index (κ2) is 8.83. The van der Waals surface area contributed by atoms with Crippen molar-refractivity contribution in [1.82, 2.24) is 4.31 Å². The van der Waals surface area contributed by atoms with Gasteiger partial charge in [0, 0.05) is 35.9 Å². The molecule has 1 heterocycles. The first kappa shape index (κ1) is 22.2. The van der Waals surface area contributed by atoms with Crippen LogP contribution in [-0.2, 0) is 10.0 Å². The molecule has 1 aliphatic rings. The molecule has 0 saturated carbocycles. The Kier molecular flexibility index (Phi) is 6.31. The second-order valence-corrected chi connectivity index (χ2v) is 10.5. The fourth-order valence-electron chi connectivity index (χ4n) is 4.05. The Bertz CT molecular complexity index is 1180. The van der Waals surface area contributed by atoms with Crippen LogP contribution in [0.25, 0.3) is 11.1 Å². The minimum atomic E-state index is -3.72. The highest BCUT2D eigenvalue weighted by molar-refractivity contribution is 7.89. The van der Waals surface area contributed by atoms with Crippen molar-refractivity contribution in [2.24, 2.45) is 0 Å². The van der Waals surface area contributed by atoms with E-state index in [4.69, 9.17) is 23.2 Å². The normalized spacial score (nSPS) is 18.5. The third-order valence-electron chi connectivity index (χ3n) is 5.75. The minimum absolute atomic E-state index is 0.152. The SMILES string of the molecule is CCC[C@@H]1CN(c2ccccc2)c2cc(Cl)c(-c3ccc(Cl)cc3)cc2S(=O)(=O)N1C. The zero-order valence-electron chi connectivity index (χ0n) is 17.4. The lowest BCUT2D eigenvalue weighted by atomic mass is 10.0. The molecular weight excluding hydrogens is 451 g/mol. The van der Waals surface area contributed by atoms with Crippen molar-refractivity contribution in [3.05, 3.63) is 76.8 Å². The molecule has 3 aromatic rings. The number of likely N-dealkylation sites (N-methyl/N-ethyl adjacent to an activating group) is 1. The van der Waals surface area contributed by atoms with E-state index in [0.29, 0.717) is 27.8 Å². The summed E-state index contributed by atoms with van der Waals surface area (Å²) in [4.78, 5) is 2.32. The summed E-state index contributed by atoms with van der Waals surface area (Å²) >= 11 is 12.7. The molecule has 31 heavy (non-hydrogen) atoms. The number of fused-ring (bicyclic) bond motifs is 1. The predicted molar refractivity (Wildman–Crippen MR) is 129 cm³/mol. The fourth-order valence-corrected chi connectivity index (χ4v) is 6.01. The van der Waals surface area contributed by atoms with E-state index >= 15 is 0 Å². The molecule has 0 radical (unpaired) electrons. The molecule has 0 aliphatic carbocycles. The Morgan fingerprint density at radius 2 is 1.68 bits per heavy atom. The summed E-state index contributed by atoms with van der Waals surface area (Å²) in [5.41, 5.74) is 3.01. The molecule has 0 saturated heterocycles. The quantitative estimate of drug-likeness (QED) is 0.427. The van der Waals surface area contributed by atoms with E-state index in [-0.39, 0.29) is 10.9 Å². The number of halogens is 2. The van der Waals surface area contributed by atoms with E-state index in [9.17, 15) is 8.42 Å². The smallest absolute Gasteiger partial charge is 0.245 e. The van der Waals surface area contributed by atoms with Gasteiger partial charge in [-0.25, -0.2) is 8.42 Å². The van der Waals surface area contributed by atoms with Gasteiger partial charge in [0.25, 0.3) is 0 Å². The first-order valence-electron chi connectivity index (χ1n) is 10.2. The highest BCUT2D eigenvalue weighted by atomic mass is 35.5. The molecule has 0 N–H and O–H groups in total. The Labute approximate surface area is 194 Å². The lowest BCUT2D eigenvalue weighted by Crippen LogP contribution is -2.40. The van der Waals surface area contributed by atoms with Crippen LogP contribution in [0.4, 0.5) is 11.4 Å². The third kappa shape index (κ3) is 4.20. The van der Waals surface area contributed by atoms with Crippen LogP contribution < -0.4 is 4.90 Å². The van der Waals surface area contributed by atoms with Gasteiger partial charge < -0.3 is 4.90 Å². The minimum Gasteiger partial charge on any atom is -0.339 e. The van der Waals surface area contributed by atoms with E-state index < -0.39 is 10.0 Å². The topological polar surface area (TPSA) is 40.6 Å². The van der Waals surface area contributed by atoms with Crippen molar-refractivity contribution in [1.29, 1.82) is 0 Å². The van der Waals surface area contributed by atoms with Gasteiger partial charge >= 0.3 is 0 Å². The fraction of sp³-hybridized carbons (Fsp3) is 0.250. The van der Waals surface area contributed by atoms with Gasteiger partial charge in [0.15, 0.2) is 0 Å². The Morgan fingerprint density at radius 1 is 1.00 bits per heavy atom. The Morgan fingerprint density at radius 3 is 2.32 bits per heavy atom. The number of para-hydroxylation sites is 1. The maximum Gasteiger partial charge on any atom is 0.245 e. The van der Waals surface area contributed by atoms with Gasteiger partial charge in [-0.1, -0.05) is 66.9 Å². The maximum atomic E-state index is 13.7. The molecule has 1 aliphatic heterocycles. The van der Waals surface area contributed by atoms with Gasteiger partial charge in [0.1, 0.15) is 4.90 Å². The molecule has 0 amide bonds. The van der Waals surface area contributed by atoms with E-state index in [1.54, 1.807) is 31.3 Å². The first-order chi connectivity index (χ1) is 14.8. The standard InChI is InChI=1S/C24H24Cl2N2O2S/c1-3-7-20-16-28(19-8-5-4-6-9-19)23-15-22(26)21(17-10-12-18(25)13-11-17)14-24(23)31(29,30)27(20)2/h4-6,8-15,20H,3,7,16H2,1-2H3/t20-/m1/s1. The molecule has 4 rings (SSSR count). The summed E-state index contributed by atoms with van der Waals surface area (Å²) < 4.78 is 28.9. The van der Waals surface area contributed by atoms with Crippen LogP contribution in [0.5, 0.6) is 0 Å². The van der Waals surface area contributed by atoms with Crippen LogP contribution in [0.2, 0.25) is 10.0 Å². The van der Waals surface area contributed by atoms with Crippen LogP contribution in [0.1, 0.15) is 19.8 Å². The van der Waals surface area contributed by atoms with Crippen molar-refractivity contribution in [3.8, 4) is 11.1 Å². The molecular formula is C24H24Cl2N2O2S. The molecule has 0 bridgehead atoms. The second-order valence-electron chi connectivity index (χ2n) is 7.72. The van der Waals surface area contributed by atoms with Crippen molar-refractivity contribution < 1.29 is 8.42 Å². The van der Waals surface area contributed by atoms with E-state index in [2.05, 4.69) is 11.8 Å². The van der Waals surface area contributed by atoms with Crippen LogP contribution in [0, 0.1) is 0 Å². The highest BCUT2D eigenvalue weighted by Crippen LogP contribution is 2.43. The molecule has 4 nitrogen and oxygen atoms in total. The average Bonchev–Trinajstić information content (AvgIpc) is 2.84. The molecule has 0 unspecified atom stereocenters. The summed E-state index contributed by atoms with van der Waals surface area (Å²) in [7, 11) is -2.05. The van der Waals surface area contributed by atoms with Crippen LogP contribution >= 0.6 is 23.2 Å². The van der Waals surface area contributed by atoms with Crippen molar-refractivity contribution in [2.45, 2.75) is 30.7 Å². The maximum absolute atomic E-state index is 13.7. The molecule has 0 aromatic heterocycles. The van der Waals surface area contributed by atoms with Crippen LogP contribution in [0.3, 0.4) is 0 Å². The molecule has 162 valence electrons. The van der Waals surface area contributed by atoms with E-state index in [0.717, 1.165) is 24.1 Å². The number of sulfonamides is 1. The summed E-state index contributed by atoms with van der Waals surface area (Å²) in [5.74, 6) is 0. The summed E-state index contributed by atoms with van der Waals surface area (Å²) in [5, 5.41) is 1.11. The Balaban J connectivity index is 1.96. The Hall–Kier alpha value is -2.05. The van der Waals surface area contributed by atoms with Crippen molar-refractivity contribution >= 4 is 44.6 Å². The van der Waals surface area contributed by atoms with Crippen LogP contribution in [0.15, 0.2) is 71.6 Å². The van der Waals surface area contributed by atoms with Gasteiger partial charge in [-0.2, -0.15) is 4.31 Å². The molecule has 0 spiro atoms. The number of anilines is 2. The van der Waals surface area contributed by atoms with Gasteiger partial charge in [-0.3, -0.25) is 0 Å². The van der Waals surface area contributed by atoms with Crippen LogP contribution in [-0.4, -0.2) is 32.4 Å². The zero-order valence-corrected chi connectivity index (χ0v) is 19.8. The van der Waals surface area contributed by atoms with Gasteiger partial charge in [0.05, 0.1) is 10.7 Å². The first-order valence-corrected chi connectivity index (χ1v) is 12.4. The molecule has 1 atom stereocenters. The number of hydrogen-bond acceptors (Lipinski definition) is 3. The summed E-state index contributed by atoms with van der Waals surface area (Å²) in [6.07, 6.45) is 1.66. The summed E-state index contributed by atoms with van der Waals surface area (Å²) in [6.45, 7) is 2.62. The number of benzene rings is 3. The highest BCUT2D eigenvalue weighted by Gasteiger charge is 2.37. The van der Waals surface area contributed by atoms with Gasteiger partial charge in [0.2, 0.25) is 10.0 Å².